The first-order valence-corrected chi connectivity index (χ1v) is 6.99. The molecule has 1 rings (SSSR count). The summed E-state index contributed by atoms with van der Waals surface area (Å²) >= 11 is 0. The molecule has 0 aliphatic carbocycles. The molecule has 2 amide bonds. The van der Waals surface area contributed by atoms with Gasteiger partial charge >= 0.3 is 12.0 Å². The number of carboxylic acid groups (broad SMARTS) is 1. The zero-order chi connectivity index (χ0) is 14.3. The topological polar surface area (TPSA) is 81.7 Å². The smallest absolute Gasteiger partial charge is 0.314 e. The maximum atomic E-state index is 11.6. The van der Waals surface area contributed by atoms with E-state index in [0.717, 1.165) is 13.0 Å². The normalized spacial score (nSPS) is 21.7. The molecule has 6 heteroatoms. The van der Waals surface area contributed by atoms with E-state index in [-0.39, 0.29) is 12.6 Å². The summed E-state index contributed by atoms with van der Waals surface area (Å²) in [5, 5.41) is 14.3. The van der Waals surface area contributed by atoms with Crippen LogP contribution in [-0.2, 0) is 4.79 Å². The number of carbonyl (C=O) groups is 2. The van der Waals surface area contributed by atoms with Gasteiger partial charge < -0.3 is 20.6 Å². The average molecular weight is 271 g/mol. The number of likely N-dealkylation sites (N-methyl/N-ethyl adjacent to an activating group) is 1. The molecule has 2 unspecified atom stereocenters. The van der Waals surface area contributed by atoms with Crippen LogP contribution in [0, 0.1) is 5.92 Å². The molecule has 0 aromatic carbocycles. The third-order valence-corrected chi connectivity index (χ3v) is 3.77. The lowest BCUT2D eigenvalue weighted by molar-refractivity contribution is -0.141. The maximum Gasteiger partial charge on any atom is 0.314 e. The van der Waals surface area contributed by atoms with Crippen LogP contribution < -0.4 is 10.6 Å². The summed E-state index contributed by atoms with van der Waals surface area (Å²) in [5.74, 6) is -1.38. The third-order valence-electron chi connectivity index (χ3n) is 3.77. The summed E-state index contributed by atoms with van der Waals surface area (Å²) in [4.78, 5) is 24.7. The standard InChI is InChI=1S/C13H25N3O3/c1-3-10(12(17)18)8-14-13(19)15-9-11-6-4-5-7-16(11)2/h10-11H,3-9H2,1-2H3,(H,17,18)(H2,14,15,19). The molecule has 2 atom stereocenters. The molecule has 110 valence electrons. The van der Waals surface area contributed by atoms with Crippen LogP contribution in [0.15, 0.2) is 0 Å². The number of nitrogens with zero attached hydrogens (tertiary/aromatic N) is 1. The summed E-state index contributed by atoms with van der Waals surface area (Å²) < 4.78 is 0. The predicted molar refractivity (Wildman–Crippen MR) is 73.1 cm³/mol. The van der Waals surface area contributed by atoms with Crippen LogP contribution >= 0.6 is 0 Å². The number of hydrogen-bond acceptors (Lipinski definition) is 3. The van der Waals surface area contributed by atoms with E-state index in [4.69, 9.17) is 5.11 Å². The van der Waals surface area contributed by atoms with Crippen LogP contribution in [0.1, 0.15) is 32.6 Å². The fraction of sp³-hybridized carbons (Fsp3) is 0.846. The molecule has 1 aliphatic rings. The van der Waals surface area contributed by atoms with Crippen LogP contribution in [0.2, 0.25) is 0 Å². The highest BCUT2D eigenvalue weighted by atomic mass is 16.4. The first-order valence-electron chi connectivity index (χ1n) is 6.99. The van der Waals surface area contributed by atoms with Crippen molar-refractivity contribution in [1.82, 2.24) is 15.5 Å². The molecule has 1 fully saturated rings. The number of carboxylic acids is 1. The highest BCUT2D eigenvalue weighted by Crippen LogP contribution is 2.13. The van der Waals surface area contributed by atoms with Crippen molar-refractivity contribution in [1.29, 1.82) is 0 Å². The Morgan fingerprint density at radius 2 is 2.11 bits per heavy atom. The molecule has 0 aromatic rings. The van der Waals surface area contributed by atoms with E-state index in [1.165, 1.54) is 12.8 Å². The third kappa shape index (κ3) is 5.46. The van der Waals surface area contributed by atoms with Crippen LogP contribution in [0.4, 0.5) is 4.79 Å². The summed E-state index contributed by atoms with van der Waals surface area (Å²) in [6, 6.07) is 0.111. The van der Waals surface area contributed by atoms with Gasteiger partial charge in [-0.25, -0.2) is 4.79 Å². The molecule has 1 heterocycles. The van der Waals surface area contributed by atoms with E-state index < -0.39 is 11.9 Å². The minimum atomic E-state index is -0.866. The van der Waals surface area contributed by atoms with Gasteiger partial charge in [-0.05, 0) is 32.9 Å². The lowest BCUT2D eigenvalue weighted by Crippen LogP contribution is -2.48. The van der Waals surface area contributed by atoms with Gasteiger partial charge in [0, 0.05) is 19.1 Å². The number of aliphatic carboxylic acids is 1. The van der Waals surface area contributed by atoms with Crippen molar-refractivity contribution in [2.75, 3.05) is 26.7 Å². The van der Waals surface area contributed by atoms with Crippen LogP contribution in [0.3, 0.4) is 0 Å². The predicted octanol–water partition coefficient (Wildman–Crippen LogP) is 0.881. The van der Waals surface area contributed by atoms with Crippen molar-refractivity contribution >= 4 is 12.0 Å². The lowest BCUT2D eigenvalue weighted by Gasteiger charge is -2.32. The zero-order valence-electron chi connectivity index (χ0n) is 11.8. The molecule has 6 nitrogen and oxygen atoms in total. The van der Waals surface area contributed by atoms with E-state index >= 15 is 0 Å². The first-order chi connectivity index (χ1) is 9.04. The number of piperidine rings is 1. The fourth-order valence-corrected chi connectivity index (χ4v) is 2.30. The van der Waals surface area contributed by atoms with Gasteiger partial charge in [-0.3, -0.25) is 4.79 Å². The Kier molecular flexibility index (Phi) is 6.62. The van der Waals surface area contributed by atoms with Crippen molar-refractivity contribution in [2.24, 2.45) is 5.92 Å². The Balaban J connectivity index is 2.22. The maximum absolute atomic E-state index is 11.6. The molecular formula is C13H25N3O3. The van der Waals surface area contributed by atoms with Gasteiger partial charge in [-0.1, -0.05) is 13.3 Å². The van der Waals surface area contributed by atoms with Gasteiger partial charge in [0.2, 0.25) is 0 Å². The number of hydrogen-bond donors (Lipinski definition) is 3. The van der Waals surface area contributed by atoms with Gasteiger partial charge in [0.25, 0.3) is 0 Å². The highest BCUT2D eigenvalue weighted by molar-refractivity contribution is 5.75. The van der Waals surface area contributed by atoms with Crippen LogP contribution in [0.25, 0.3) is 0 Å². The monoisotopic (exact) mass is 271 g/mol. The molecule has 0 aromatic heterocycles. The number of urea groups is 1. The molecule has 0 radical (unpaired) electrons. The number of rotatable bonds is 6. The van der Waals surface area contributed by atoms with Crippen molar-refractivity contribution in [3.8, 4) is 0 Å². The van der Waals surface area contributed by atoms with E-state index in [1.807, 2.05) is 0 Å². The minimum Gasteiger partial charge on any atom is -0.481 e. The van der Waals surface area contributed by atoms with Crippen LogP contribution in [-0.4, -0.2) is 54.7 Å². The summed E-state index contributed by atoms with van der Waals surface area (Å²) in [6.07, 6.45) is 4.04. The van der Waals surface area contributed by atoms with Crippen molar-refractivity contribution in [2.45, 2.75) is 38.6 Å². The number of carbonyl (C=O) groups excluding carboxylic acids is 1. The lowest BCUT2D eigenvalue weighted by atomic mass is 10.0. The second-order valence-corrected chi connectivity index (χ2v) is 5.16. The Labute approximate surface area is 114 Å². The summed E-state index contributed by atoms with van der Waals surface area (Å²) in [6.45, 7) is 3.67. The Morgan fingerprint density at radius 3 is 2.68 bits per heavy atom. The Bertz CT molecular complexity index is 310. The second kappa shape index (κ2) is 7.99. The molecule has 1 saturated heterocycles. The SMILES string of the molecule is CCC(CNC(=O)NCC1CCCCN1C)C(=O)O. The molecule has 19 heavy (non-hydrogen) atoms. The van der Waals surface area contributed by atoms with Gasteiger partial charge in [0.15, 0.2) is 0 Å². The summed E-state index contributed by atoms with van der Waals surface area (Å²) in [7, 11) is 2.07. The van der Waals surface area contributed by atoms with Crippen molar-refractivity contribution < 1.29 is 14.7 Å². The van der Waals surface area contributed by atoms with Crippen molar-refractivity contribution in [3.63, 3.8) is 0 Å². The van der Waals surface area contributed by atoms with Gasteiger partial charge in [-0.15, -0.1) is 0 Å². The Morgan fingerprint density at radius 1 is 1.37 bits per heavy atom. The van der Waals surface area contributed by atoms with Gasteiger partial charge in [0.05, 0.1) is 5.92 Å². The number of amides is 2. The van der Waals surface area contributed by atoms with E-state index in [9.17, 15) is 9.59 Å². The fourth-order valence-electron chi connectivity index (χ4n) is 2.30. The van der Waals surface area contributed by atoms with Crippen LogP contribution in [0.5, 0.6) is 0 Å². The largest absolute Gasteiger partial charge is 0.481 e. The average Bonchev–Trinajstić information content (AvgIpc) is 2.38. The molecule has 1 aliphatic heterocycles. The molecule has 0 bridgehead atoms. The molecule has 3 N–H and O–H groups in total. The molecular weight excluding hydrogens is 246 g/mol. The Hall–Kier alpha value is -1.30. The highest BCUT2D eigenvalue weighted by Gasteiger charge is 2.20. The van der Waals surface area contributed by atoms with E-state index in [2.05, 4.69) is 22.6 Å². The first kappa shape index (κ1) is 15.8. The zero-order valence-corrected chi connectivity index (χ0v) is 11.8. The number of likely N-dealkylation sites (tertiary alicyclic amines) is 1. The molecule has 0 saturated carbocycles. The number of nitrogens with one attached hydrogen (secondary N) is 2. The van der Waals surface area contributed by atoms with E-state index in [1.54, 1.807) is 6.92 Å². The summed E-state index contributed by atoms with van der Waals surface area (Å²) in [5.41, 5.74) is 0. The van der Waals surface area contributed by atoms with Gasteiger partial charge in [0.1, 0.15) is 0 Å². The molecule has 0 spiro atoms. The quantitative estimate of drug-likeness (QED) is 0.670. The van der Waals surface area contributed by atoms with Gasteiger partial charge in [-0.2, -0.15) is 0 Å². The minimum absolute atomic E-state index is 0.179. The van der Waals surface area contributed by atoms with Crippen molar-refractivity contribution in [3.05, 3.63) is 0 Å². The van der Waals surface area contributed by atoms with E-state index in [0.29, 0.717) is 19.0 Å². The second-order valence-electron chi connectivity index (χ2n) is 5.16.